The maximum Gasteiger partial charge on any atom is 0.343 e. The van der Waals surface area contributed by atoms with Crippen molar-refractivity contribution in [2.24, 2.45) is 5.84 Å². The first-order valence-electron chi connectivity index (χ1n) is 3.89. The third kappa shape index (κ3) is 2.08. The second-order valence-electron chi connectivity index (χ2n) is 2.83. The summed E-state index contributed by atoms with van der Waals surface area (Å²) in [5.41, 5.74) is 1.35. The van der Waals surface area contributed by atoms with Gasteiger partial charge in [0.05, 0.1) is 6.54 Å². The molecular formula is C6H10F2N4O2. The molecule has 0 aliphatic carbocycles. The fraction of sp³-hybridized carbons (Fsp3) is 0.667. The van der Waals surface area contributed by atoms with Crippen LogP contribution in [0.25, 0.3) is 0 Å². The molecule has 0 aromatic carbocycles. The Morgan fingerprint density at radius 2 is 2.36 bits per heavy atom. The van der Waals surface area contributed by atoms with Crippen LogP contribution in [-0.4, -0.2) is 42.4 Å². The summed E-state index contributed by atoms with van der Waals surface area (Å²) in [5, 5.41) is 2.34. The molecular weight excluding hydrogens is 198 g/mol. The number of hydrogen-bond donors (Lipinski definition) is 3. The molecule has 6 nitrogen and oxygen atoms in total. The standard InChI is InChI=1S/C6H10F2N4O2/c7-6(8,4(13)11-9)3-12-2-1-10-5(12)14/h1-3,9H2,(H,10,14)(H,11,13). The monoisotopic (exact) mass is 208 g/mol. The summed E-state index contributed by atoms with van der Waals surface area (Å²) in [6.45, 7) is -0.493. The number of rotatable bonds is 3. The van der Waals surface area contributed by atoms with Crippen molar-refractivity contribution in [3.63, 3.8) is 0 Å². The summed E-state index contributed by atoms with van der Waals surface area (Å²) in [5.74, 6) is -0.688. The van der Waals surface area contributed by atoms with Crippen molar-refractivity contribution in [3.05, 3.63) is 0 Å². The van der Waals surface area contributed by atoms with Gasteiger partial charge in [-0.15, -0.1) is 0 Å². The van der Waals surface area contributed by atoms with E-state index in [2.05, 4.69) is 11.2 Å². The van der Waals surface area contributed by atoms with Gasteiger partial charge in [-0.2, -0.15) is 8.78 Å². The number of halogens is 2. The predicted octanol–water partition coefficient (Wildman–Crippen LogP) is -1.36. The summed E-state index contributed by atoms with van der Waals surface area (Å²) in [4.78, 5) is 22.3. The van der Waals surface area contributed by atoms with Gasteiger partial charge in [-0.25, -0.2) is 10.6 Å². The molecule has 1 aliphatic heterocycles. The minimum Gasteiger partial charge on any atom is -0.336 e. The highest BCUT2D eigenvalue weighted by Gasteiger charge is 2.42. The molecule has 0 spiro atoms. The van der Waals surface area contributed by atoms with Gasteiger partial charge in [-0.1, -0.05) is 0 Å². The van der Waals surface area contributed by atoms with Crippen molar-refractivity contribution < 1.29 is 18.4 Å². The number of nitrogens with zero attached hydrogens (tertiary/aromatic N) is 1. The molecule has 8 heteroatoms. The van der Waals surface area contributed by atoms with Crippen LogP contribution in [0.5, 0.6) is 0 Å². The van der Waals surface area contributed by atoms with Gasteiger partial charge in [0.2, 0.25) is 0 Å². The molecule has 0 atom stereocenters. The normalized spacial score (nSPS) is 16.8. The predicted molar refractivity (Wildman–Crippen MR) is 42.2 cm³/mol. The highest BCUT2D eigenvalue weighted by Crippen LogP contribution is 2.16. The topological polar surface area (TPSA) is 87.5 Å². The van der Waals surface area contributed by atoms with Gasteiger partial charge in [0.25, 0.3) is 0 Å². The lowest BCUT2D eigenvalue weighted by Gasteiger charge is -2.20. The third-order valence-corrected chi connectivity index (χ3v) is 1.80. The average Bonchev–Trinajstić information content (AvgIpc) is 2.50. The van der Waals surface area contributed by atoms with Crippen molar-refractivity contribution >= 4 is 11.9 Å². The van der Waals surface area contributed by atoms with Crippen molar-refractivity contribution in [2.75, 3.05) is 19.6 Å². The summed E-state index contributed by atoms with van der Waals surface area (Å²) < 4.78 is 25.9. The Morgan fingerprint density at radius 3 is 2.79 bits per heavy atom. The Labute approximate surface area is 78.4 Å². The van der Waals surface area contributed by atoms with Gasteiger partial charge >= 0.3 is 17.9 Å². The Hall–Kier alpha value is -1.44. The van der Waals surface area contributed by atoms with E-state index < -0.39 is 24.4 Å². The van der Waals surface area contributed by atoms with E-state index >= 15 is 0 Å². The lowest BCUT2D eigenvalue weighted by Crippen LogP contribution is -2.50. The molecule has 80 valence electrons. The number of carbonyl (C=O) groups is 2. The smallest absolute Gasteiger partial charge is 0.336 e. The zero-order valence-electron chi connectivity index (χ0n) is 7.22. The zero-order chi connectivity index (χ0) is 10.8. The van der Waals surface area contributed by atoms with Crippen LogP contribution in [0.2, 0.25) is 0 Å². The lowest BCUT2D eigenvalue weighted by atomic mass is 10.3. The number of urea groups is 1. The molecule has 1 aliphatic rings. The van der Waals surface area contributed by atoms with Gasteiger partial charge in [0.15, 0.2) is 0 Å². The number of amides is 3. The molecule has 1 heterocycles. The fourth-order valence-corrected chi connectivity index (χ4v) is 1.08. The lowest BCUT2D eigenvalue weighted by molar-refractivity contribution is -0.147. The second-order valence-corrected chi connectivity index (χ2v) is 2.83. The maximum absolute atomic E-state index is 12.9. The van der Waals surface area contributed by atoms with E-state index in [-0.39, 0.29) is 6.54 Å². The SMILES string of the molecule is NNC(=O)C(F)(F)CN1CCNC1=O. The van der Waals surface area contributed by atoms with Crippen LogP contribution in [0.15, 0.2) is 0 Å². The quantitative estimate of drug-likeness (QED) is 0.304. The van der Waals surface area contributed by atoms with Gasteiger partial charge in [0, 0.05) is 13.1 Å². The first kappa shape index (κ1) is 10.6. The van der Waals surface area contributed by atoms with Crippen LogP contribution in [0.4, 0.5) is 13.6 Å². The number of nitrogens with two attached hydrogens (primary N) is 1. The first-order valence-corrected chi connectivity index (χ1v) is 3.89. The Morgan fingerprint density at radius 1 is 1.71 bits per heavy atom. The molecule has 0 aromatic rings. The van der Waals surface area contributed by atoms with Gasteiger partial charge < -0.3 is 10.2 Å². The number of nitrogens with one attached hydrogen (secondary N) is 2. The Kier molecular flexibility index (Phi) is 2.84. The molecule has 1 saturated heterocycles. The third-order valence-electron chi connectivity index (χ3n) is 1.80. The zero-order valence-corrected chi connectivity index (χ0v) is 7.22. The Balaban J connectivity index is 2.58. The molecule has 0 saturated carbocycles. The van der Waals surface area contributed by atoms with E-state index in [0.29, 0.717) is 6.54 Å². The highest BCUT2D eigenvalue weighted by molar-refractivity contribution is 5.84. The molecule has 0 unspecified atom stereocenters. The molecule has 0 radical (unpaired) electrons. The van der Waals surface area contributed by atoms with E-state index in [1.807, 2.05) is 0 Å². The summed E-state index contributed by atoms with van der Waals surface area (Å²) in [6, 6.07) is -0.602. The van der Waals surface area contributed by atoms with Crippen LogP contribution >= 0.6 is 0 Å². The number of alkyl halides is 2. The molecule has 1 rings (SSSR count). The van der Waals surface area contributed by atoms with Crippen LogP contribution in [0, 0.1) is 0 Å². The second kappa shape index (κ2) is 3.74. The van der Waals surface area contributed by atoms with E-state index in [4.69, 9.17) is 0 Å². The minimum absolute atomic E-state index is 0.159. The van der Waals surface area contributed by atoms with Gasteiger partial charge in [-0.05, 0) is 0 Å². The van der Waals surface area contributed by atoms with E-state index in [1.54, 1.807) is 0 Å². The van der Waals surface area contributed by atoms with E-state index in [0.717, 1.165) is 4.90 Å². The largest absolute Gasteiger partial charge is 0.343 e. The van der Waals surface area contributed by atoms with Crippen molar-refractivity contribution in [3.8, 4) is 0 Å². The van der Waals surface area contributed by atoms with Gasteiger partial charge in [0.1, 0.15) is 0 Å². The van der Waals surface area contributed by atoms with Crippen LogP contribution < -0.4 is 16.6 Å². The molecule has 0 aromatic heterocycles. The summed E-state index contributed by atoms with van der Waals surface area (Å²) >= 11 is 0. The van der Waals surface area contributed by atoms with Crippen molar-refractivity contribution in [1.82, 2.24) is 15.6 Å². The molecule has 3 amide bonds. The average molecular weight is 208 g/mol. The van der Waals surface area contributed by atoms with Crippen LogP contribution in [-0.2, 0) is 4.79 Å². The summed E-state index contributed by atoms with van der Waals surface area (Å²) in [7, 11) is 0. The molecule has 1 fully saturated rings. The van der Waals surface area contributed by atoms with Crippen molar-refractivity contribution in [1.29, 1.82) is 0 Å². The number of hydrazine groups is 1. The van der Waals surface area contributed by atoms with E-state index in [9.17, 15) is 18.4 Å². The van der Waals surface area contributed by atoms with E-state index in [1.165, 1.54) is 5.43 Å². The molecule has 4 N–H and O–H groups in total. The minimum atomic E-state index is -3.66. The fourth-order valence-electron chi connectivity index (χ4n) is 1.08. The number of hydrogen-bond acceptors (Lipinski definition) is 3. The Bertz CT molecular complexity index is 258. The first-order chi connectivity index (χ1) is 6.47. The van der Waals surface area contributed by atoms with Gasteiger partial charge in [-0.3, -0.25) is 10.2 Å². The number of carbonyl (C=O) groups excluding carboxylic acids is 2. The van der Waals surface area contributed by atoms with Crippen LogP contribution in [0.3, 0.4) is 0 Å². The highest BCUT2D eigenvalue weighted by atomic mass is 19.3. The van der Waals surface area contributed by atoms with Crippen molar-refractivity contribution in [2.45, 2.75) is 5.92 Å². The summed E-state index contributed by atoms with van der Waals surface area (Å²) in [6.07, 6.45) is 0. The maximum atomic E-state index is 12.9. The molecule has 14 heavy (non-hydrogen) atoms. The molecule has 0 bridgehead atoms. The van der Waals surface area contributed by atoms with Crippen LogP contribution in [0.1, 0.15) is 0 Å².